The van der Waals surface area contributed by atoms with E-state index in [9.17, 15) is 8.42 Å². The van der Waals surface area contributed by atoms with Gasteiger partial charge in [-0.25, -0.2) is 8.42 Å². The van der Waals surface area contributed by atoms with Crippen molar-refractivity contribution in [1.29, 1.82) is 0 Å². The average Bonchev–Trinajstić information content (AvgIpc) is 3.09. The molecule has 0 radical (unpaired) electrons. The van der Waals surface area contributed by atoms with Gasteiger partial charge in [-0.3, -0.25) is 0 Å². The van der Waals surface area contributed by atoms with E-state index in [1.807, 2.05) is 6.92 Å². The van der Waals surface area contributed by atoms with Crippen LogP contribution in [0.4, 0.5) is 0 Å². The lowest BCUT2D eigenvalue weighted by molar-refractivity contribution is 0.338. The summed E-state index contributed by atoms with van der Waals surface area (Å²) in [6.45, 7) is 3.62. The second-order valence-electron chi connectivity index (χ2n) is 5.84. The minimum Gasteiger partial charge on any atom is -0.340 e. The van der Waals surface area contributed by atoms with Crippen LogP contribution in [0, 0.1) is 13.8 Å². The fraction of sp³-hybridized carbons (Fsp3) is 0.467. The highest BCUT2D eigenvalue weighted by Gasteiger charge is 2.43. The van der Waals surface area contributed by atoms with E-state index in [0.717, 1.165) is 18.4 Å². The summed E-state index contributed by atoms with van der Waals surface area (Å²) in [4.78, 5) is 4.51. The Hall–Kier alpha value is -1.73. The molecule has 1 aliphatic carbocycles. The topological polar surface area (TPSA) is 85.1 Å². The van der Waals surface area contributed by atoms with E-state index in [0.29, 0.717) is 24.6 Å². The molecule has 1 aliphatic rings. The van der Waals surface area contributed by atoms with Crippen LogP contribution in [0.5, 0.6) is 0 Å². The van der Waals surface area contributed by atoms with Gasteiger partial charge in [0.15, 0.2) is 5.82 Å². The summed E-state index contributed by atoms with van der Waals surface area (Å²) < 4.78 is 33.2. The van der Waals surface area contributed by atoms with Crippen LogP contribution in [-0.4, -0.2) is 18.6 Å². The summed E-state index contributed by atoms with van der Waals surface area (Å²) in [6, 6.07) is 6.80. The van der Waals surface area contributed by atoms with Crippen molar-refractivity contribution in [2.45, 2.75) is 50.0 Å². The number of hydrogen-bond acceptors (Lipinski definition) is 5. The van der Waals surface area contributed by atoms with E-state index in [2.05, 4.69) is 14.9 Å². The molecule has 6 nitrogen and oxygen atoms in total. The fourth-order valence-corrected chi connectivity index (χ4v) is 4.30. The Labute approximate surface area is 130 Å². The molecule has 7 heteroatoms. The van der Waals surface area contributed by atoms with E-state index < -0.39 is 15.6 Å². The quantitative estimate of drug-likeness (QED) is 0.935. The predicted molar refractivity (Wildman–Crippen MR) is 80.7 cm³/mol. The molecule has 0 amide bonds. The zero-order valence-electron chi connectivity index (χ0n) is 12.7. The second kappa shape index (κ2) is 5.48. The van der Waals surface area contributed by atoms with Gasteiger partial charge in [0.25, 0.3) is 0 Å². The van der Waals surface area contributed by atoms with Crippen LogP contribution in [-0.2, 0) is 15.6 Å². The van der Waals surface area contributed by atoms with Crippen molar-refractivity contribution in [3.63, 3.8) is 0 Å². The van der Waals surface area contributed by atoms with E-state index in [1.54, 1.807) is 31.2 Å². The minimum absolute atomic E-state index is 0.254. The summed E-state index contributed by atoms with van der Waals surface area (Å²) >= 11 is 0. The molecule has 3 rings (SSSR count). The van der Waals surface area contributed by atoms with Gasteiger partial charge >= 0.3 is 0 Å². The first-order valence-electron chi connectivity index (χ1n) is 7.33. The van der Waals surface area contributed by atoms with Crippen molar-refractivity contribution in [3.05, 3.63) is 41.5 Å². The Morgan fingerprint density at radius 3 is 2.32 bits per heavy atom. The molecule has 1 heterocycles. The summed E-state index contributed by atoms with van der Waals surface area (Å²) in [5.41, 5.74) is 0.255. The van der Waals surface area contributed by atoms with Crippen molar-refractivity contribution in [3.8, 4) is 0 Å². The minimum atomic E-state index is -3.63. The SMILES string of the molecule is Cc1ccc(S(=O)(=O)NC2(c3noc(C)n3)CCCC2)cc1. The number of benzene rings is 1. The number of sulfonamides is 1. The van der Waals surface area contributed by atoms with Gasteiger partial charge in [0, 0.05) is 6.92 Å². The molecule has 0 atom stereocenters. The van der Waals surface area contributed by atoms with Crippen molar-refractivity contribution in [2.75, 3.05) is 0 Å². The van der Waals surface area contributed by atoms with E-state index in [-0.39, 0.29) is 4.90 Å². The van der Waals surface area contributed by atoms with Crippen LogP contribution in [0.15, 0.2) is 33.7 Å². The lowest BCUT2D eigenvalue weighted by atomic mass is 9.99. The number of aryl methyl sites for hydroxylation is 2. The third-order valence-corrected chi connectivity index (χ3v) is 5.63. The molecule has 1 aromatic heterocycles. The maximum atomic E-state index is 12.7. The maximum absolute atomic E-state index is 12.7. The third-order valence-electron chi connectivity index (χ3n) is 4.07. The lowest BCUT2D eigenvalue weighted by Gasteiger charge is -2.26. The predicted octanol–water partition coefficient (Wildman–Crippen LogP) is 2.43. The maximum Gasteiger partial charge on any atom is 0.241 e. The highest BCUT2D eigenvalue weighted by Crippen LogP contribution is 2.38. The first kappa shape index (κ1) is 15.2. The van der Waals surface area contributed by atoms with Crippen LogP contribution in [0.2, 0.25) is 0 Å². The van der Waals surface area contributed by atoms with E-state index in [1.165, 1.54) is 0 Å². The monoisotopic (exact) mass is 321 g/mol. The van der Waals surface area contributed by atoms with Gasteiger partial charge in [0.2, 0.25) is 15.9 Å². The van der Waals surface area contributed by atoms with Crippen LogP contribution < -0.4 is 4.72 Å². The van der Waals surface area contributed by atoms with Gasteiger partial charge in [0.05, 0.1) is 10.4 Å². The van der Waals surface area contributed by atoms with Gasteiger partial charge in [-0.15, -0.1) is 0 Å². The number of rotatable bonds is 4. The molecular formula is C15H19N3O3S. The summed E-state index contributed by atoms with van der Waals surface area (Å²) in [5, 5.41) is 3.95. The fourth-order valence-electron chi connectivity index (χ4n) is 2.88. The summed E-state index contributed by atoms with van der Waals surface area (Å²) in [5.74, 6) is 0.869. The smallest absolute Gasteiger partial charge is 0.241 e. The molecule has 1 aromatic carbocycles. The van der Waals surface area contributed by atoms with Crippen LogP contribution in [0.3, 0.4) is 0 Å². The zero-order chi connectivity index (χ0) is 15.8. The Kier molecular flexibility index (Phi) is 3.78. The molecule has 1 fully saturated rings. The summed E-state index contributed by atoms with van der Waals surface area (Å²) in [6.07, 6.45) is 3.22. The number of nitrogens with one attached hydrogen (secondary N) is 1. The Bertz CT molecular complexity index is 760. The Morgan fingerprint density at radius 1 is 1.14 bits per heavy atom. The van der Waals surface area contributed by atoms with Crippen molar-refractivity contribution >= 4 is 10.0 Å². The van der Waals surface area contributed by atoms with Crippen molar-refractivity contribution in [2.24, 2.45) is 0 Å². The molecule has 0 spiro atoms. The average molecular weight is 321 g/mol. The van der Waals surface area contributed by atoms with Crippen molar-refractivity contribution < 1.29 is 12.9 Å². The molecule has 2 aromatic rings. The normalized spacial score (nSPS) is 17.7. The molecule has 1 N–H and O–H groups in total. The molecule has 0 unspecified atom stereocenters. The largest absolute Gasteiger partial charge is 0.340 e. The van der Waals surface area contributed by atoms with E-state index in [4.69, 9.17) is 4.52 Å². The molecule has 22 heavy (non-hydrogen) atoms. The Balaban J connectivity index is 1.95. The van der Waals surface area contributed by atoms with E-state index >= 15 is 0 Å². The third kappa shape index (κ3) is 2.78. The van der Waals surface area contributed by atoms with Crippen LogP contribution in [0.1, 0.15) is 43.0 Å². The number of aromatic nitrogens is 2. The first-order chi connectivity index (χ1) is 10.4. The lowest BCUT2D eigenvalue weighted by Crippen LogP contribution is -2.44. The van der Waals surface area contributed by atoms with Gasteiger partial charge in [0.1, 0.15) is 0 Å². The molecule has 1 saturated carbocycles. The second-order valence-corrected chi connectivity index (χ2v) is 7.53. The van der Waals surface area contributed by atoms with Crippen LogP contribution >= 0.6 is 0 Å². The van der Waals surface area contributed by atoms with Gasteiger partial charge < -0.3 is 4.52 Å². The summed E-state index contributed by atoms with van der Waals surface area (Å²) in [7, 11) is -3.63. The number of hydrogen-bond donors (Lipinski definition) is 1. The van der Waals surface area contributed by atoms with Crippen molar-refractivity contribution in [1.82, 2.24) is 14.9 Å². The molecule has 118 valence electrons. The molecular weight excluding hydrogens is 302 g/mol. The Morgan fingerprint density at radius 2 is 1.77 bits per heavy atom. The zero-order valence-corrected chi connectivity index (χ0v) is 13.5. The molecule has 0 bridgehead atoms. The highest BCUT2D eigenvalue weighted by molar-refractivity contribution is 7.89. The highest BCUT2D eigenvalue weighted by atomic mass is 32.2. The molecule has 0 saturated heterocycles. The van der Waals surface area contributed by atoms with Crippen LogP contribution in [0.25, 0.3) is 0 Å². The standard InChI is InChI=1S/C15H19N3O3S/c1-11-5-7-13(8-6-11)22(19,20)18-15(9-3-4-10-15)14-16-12(2)21-17-14/h5-8,18H,3-4,9-10H2,1-2H3. The first-order valence-corrected chi connectivity index (χ1v) is 8.81. The van der Waals surface area contributed by atoms with Gasteiger partial charge in [-0.1, -0.05) is 35.7 Å². The number of nitrogens with zero attached hydrogens (tertiary/aromatic N) is 2. The molecule has 0 aliphatic heterocycles. The van der Waals surface area contributed by atoms with Gasteiger partial charge in [-0.2, -0.15) is 9.71 Å². The van der Waals surface area contributed by atoms with Gasteiger partial charge in [-0.05, 0) is 31.9 Å².